The summed E-state index contributed by atoms with van der Waals surface area (Å²) in [7, 11) is 1.44. The summed E-state index contributed by atoms with van der Waals surface area (Å²) in [6, 6.07) is -0.253. The van der Waals surface area contributed by atoms with Crippen LogP contribution in [0.1, 0.15) is 46.0 Å². The number of rotatable bonds is 4. The van der Waals surface area contributed by atoms with Gasteiger partial charge in [0.15, 0.2) is 0 Å². The molecule has 0 saturated heterocycles. The van der Waals surface area contributed by atoms with Gasteiger partial charge >= 0.3 is 5.97 Å². The highest BCUT2D eigenvalue weighted by Crippen LogP contribution is 2.10. The Hall–Kier alpha value is -1.06. The number of esters is 1. The molecule has 0 bridgehead atoms. The molecule has 17 heavy (non-hydrogen) atoms. The third kappa shape index (κ3) is 5.20. The fourth-order valence-corrected chi connectivity index (χ4v) is 2.02. The first kappa shape index (κ1) is 14.0. The van der Waals surface area contributed by atoms with Gasteiger partial charge in [-0.1, -0.05) is 20.3 Å². The van der Waals surface area contributed by atoms with Gasteiger partial charge in [-0.05, 0) is 25.2 Å². The zero-order valence-corrected chi connectivity index (χ0v) is 11.2. The Morgan fingerprint density at radius 2 is 2.18 bits per heavy atom. The molecule has 0 saturated carbocycles. The van der Waals surface area contributed by atoms with Gasteiger partial charge < -0.3 is 10.1 Å². The molecule has 1 unspecified atom stereocenters. The van der Waals surface area contributed by atoms with Gasteiger partial charge in [-0.25, -0.2) is 4.79 Å². The van der Waals surface area contributed by atoms with Crippen LogP contribution in [0.2, 0.25) is 0 Å². The minimum atomic E-state index is -0.253. The second kappa shape index (κ2) is 7.30. The van der Waals surface area contributed by atoms with E-state index in [1.54, 1.807) is 0 Å². The second-order valence-corrected chi connectivity index (χ2v) is 4.99. The van der Waals surface area contributed by atoms with Crippen LogP contribution in [0.3, 0.4) is 0 Å². The van der Waals surface area contributed by atoms with E-state index >= 15 is 0 Å². The fraction of sp³-hybridized carbons (Fsp3) is 0.846. The molecular formula is C13H24N2O2. The van der Waals surface area contributed by atoms with E-state index in [1.807, 2.05) is 0 Å². The number of nitrogens with one attached hydrogen (secondary N) is 1. The molecule has 0 aromatic heterocycles. The molecule has 1 rings (SSSR count). The molecule has 0 radical (unpaired) electrons. The van der Waals surface area contributed by atoms with E-state index in [2.05, 4.69) is 24.2 Å². The van der Waals surface area contributed by atoms with Crippen LogP contribution in [0.5, 0.6) is 0 Å². The summed E-state index contributed by atoms with van der Waals surface area (Å²) in [5.74, 6) is 1.24. The van der Waals surface area contributed by atoms with Crippen molar-refractivity contribution in [3.63, 3.8) is 0 Å². The molecule has 0 aromatic rings. The highest BCUT2D eigenvalue weighted by atomic mass is 16.5. The molecule has 1 aliphatic heterocycles. The van der Waals surface area contributed by atoms with Crippen LogP contribution in [0.4, 0.5) is 0 Å². The summed E-state index contributed by atoms with van der Waals surface area (Å²) >= 11 is 0. The number of hydrogen-bond acceptors (Lipinski definition) is 4. The summed E-state index contributed by atoms with van der Waals surface area (Å²) < 4.78 is 4.83. The maximum absolute atomic E-state index is 11.7. The largest absolute Gasteiger partial charge is 0.467 e. The average molecular weight is 240 g/mol. The Morgan fingerprint density at radius 3 is 2.82 bits per heavy atom. The van der Waals surface area contributed by atoms with E-state index < -0.39 is 0 Å². The lowest BCUT2D eigenvalue weighted by molar-refractivity contribution is -0.143. The third-order valence-electron chi connectivity index (χ3n) is 2.91. The second-order valence-electron chi connectivity index (χ2n) is 4.99. The maximum atomic E-state index is 11.7. The lowest BCUT2D eigenvalue weighted by Gasteiger charge is -2.20. The number of aliphatic imine (C=N–C) groups is 1. The van der Waals surface area contributed by atoms with Crippen LogP contribution in [0.15, 0.2) is 4.99 Å². The number of carbonyl (C=O) groups excluding carboxylic acids is 1. The molecule has 1 N–H and O–H groups in total. The predicted octanol–water partition coefficient (Wildman–Crippen LogP) is 2.14. The molecule has 1 heterocycles. The summed E-state index contributed by atoms with van der Waals surface area (Å²) in [5.41, 5.74) is 0. The normalized spacial score (nSPS) is 18.2. The number of amidine groups is 1. The van der Waals surface area contributed by atoms with E-state index in [9.17, 15) is 4.79 Å². The van der Waals surface area contributed by atoms with E-state index in [-0.39, 0.29) is 12.0 Å². The lowest BCUT2D eigenvalue weighted by atomic mass is 10.0. The van der Waals surface area contributed by atoms with Crippen LogP contribution >= 0.6 is 0 Å². The molecule has 1 atom stereocenters. The standard InChI is InChI=1S/C13H24N2O2/c1-10(2)9-11(13(16)17-3)15-12-7-5-4-6-8-14-12/h10-11H,4-9H2,1-3H3,(H,14,15). The maximum Gasteiger partial charge on any atom is 0.328 e. The molecule has 0 aromatic carbocycles. The molecular weight excluding hydrogens is 216 g/mol. The van der Waals surface area contributed by atoms with Crippen LogP contribution in [0, 0.1) is 5.92 Å². The zero-order valence-electron chi connectivity index (χ0n) is 11.2. The average Bonchev–Trinajstić information content (AvgIpc) is 2.55. The van der Waals surface area contributed by atoms with Gasteiger partial charge in [0.05, 0.1) is 12.9 Å². The number of carbonyl (C=O) groups is 1. The number of ether oxygens (including phenoxy) is 1. The van der Waals surface area contributed by atoms with Crippen molar-refractivity contribution in [1.29, 1.82) is 0 Å². The SMILES string of the molecule is COC(=O)C(CC(C)C)NC1=NCCCCC1. The van der Waals surface area contributed by atoms with Gasteiger partial charge in [0.1, 0.15) is 6.04 Å². The highest BCUT2D eigenvalue weighted by Gasteiger charge is 2.21. The zero-order chi connectivity index (χ0) is 12.7. The van der Waals surface area contributed by atoms with Crippen molar-refractivity contribution in [3.05, 3.63) is 0 Å². The summed E-state index contributed by atoms with van der Waals surface area (Å²) in [6.45, 7) is 5.08. The molecule has 0 fully saturated rings. The Labute approximate surface area is 104 Å². The van der Waals surface area contributed by atoms with Crippen molar-refractivity contribution in [2.24, 2.45) is 10.9 Å². The van der Waals surface area contributed by atoms with Gasteiger partial charge in [-0.3, -0.25) is 4.99 Å². The number of hydrogen-bond donors (Lipinski definition) is 1. The summed E-state index contributed by atoms with van der Waals surface area (Å²) in [4.78, 5) is 16.2. The van der Waals surface area contributed by atoms with Gasteiger partial charge in [0.25, 0.3) is 0 Å². The molecule has 98 valence electrons. The van der Waals surface area contributed by atoms with Crippen molar-refractivity contribution in [2.75, 3.05) is 13.7 Å². The molecule has 0 spiro atoms. The molecule has 0 amide bonds. The monoisotopic (exact) mass is 240 g/mol. The summed E-state index contributed by atoms with van der Waals surface area (Å²) in [5, 5.41) is 3.25. The third-order valence-corrected chi connectivity index (χ3v) is 2.91. The van der Waals surface area contributed by atoms with Crippen molar-refractivity contribution in [1.82, 2.24) is 5.32 Å². The van der Waals surface area contributed by atoms with Crippen molar-refractivity contribution >= 4 is 11.8 Å². The topological polar surface area (TPSA) is 50.7 Å². The first-order chi connectivity index (χ1) is 8.13. The Bertz CT molecular complexity index is 275. The smallest absolute Gasteiger partial charge is 0.328 e. The van der Waals surface area contributed by atoms with Gasteiger partial charge in [-0.15, -0.1) is 0 Å². The number of nitrogens with zero attached hydrogens (tertiary/aromatic N) is 1. The van der Waals surface area contributed by atoms with Crippen LogP contribution in [0.25, 0.3) is 0 Å². The van der Waals surface area contributed by atoms with Gasteiger partial charge in [-0.2, -0.15) is 0 Å². The van der Waals surface area contributed by atoms with Crippen LogP contribution in [-0.4, -0.2) is 31.5 Å². The van der Waals surface area contributed by atoms with Crippen molar-refractivity contribution in [3.8, 4) is 0 Å². The van der Waals surface area contributed by atoms with Gasteiger partial charge in [0, 0.05) is 13.0 Å². The molecule has 4 heteroatoms. The molecule has 1 aliphatic rings. The molecule has 0 aliphatic carbocycles. The first-order valence-electron chi connectivity index (χ1n) is 6.51. The fourth-order valence-electron chi connectivity index (χ4n) is 2.02. The predicted molar refractivity (Wildman–Crippen MR) is 69.2 cm³/mol. The minimum absolute atomic E-state index is 0.189. The van der Waals surface area contributed by atoms with E-state index in [0.29, 0.717) is 5.92 Å². The van der Waals surface area contributed by atoms with Crippen LogP contribution < -0.4 is 5.32 Å². The lowest BCUT2D eigenvalue weighted by Crippen LogP contribution is -2.42. The van der Waals surface area contributed by atoms with E-state index in [0.717, 1.165) is 38.1 Å². The Kier molecular flexibility index (Phi) is 6.01. The van der Waals surface area contributed by atoms with Gasteiger partial charge in [0.2, 0.25) is 0 Å². The minimum Gasteiger partial charge on any atom is -0.467 e. The Balaban J connectivity index is 2.57. The van der Waals surface area contributed by atoms with E-state index in [1.165, 1.54) is 13.5 Å². The van der Waals surface area contributed by atoms with Crippen LogP contribution in [-0.2, 0) is 9.53 Å². The van der Waals surface area contributed by atoms with Crippen molar-refractivity contribution in [2.45, 2.75) is 52.0 Å². The van der Waals surface area contributed by atoms with E-state index in [4.69, 9.17) is 4.74 Å². The highest BCUT2D eigenvalue weighted by molar-refractivity contribution is 5.87. The van der Waals surface area contributed by atoms with Crippen molar-refractivity contribution < 1.29 is 9.53 Å². The molecule has 4 nitrogen and oxygen atoms in total. The Morgan fingerprint density at radius 1 is 1.41 bits per heavy atom. The first-order valence-corrected chi connectivity index (χ1v) is 6.51. The number of methoxy groups -OCH3 is 1. The summed E-state index contributed by atoms with van der Waals surface area (Å²) in [6.07, 6.45) is 5.26. The quantitative estimate of drug-likeness (QED) is 0.766.